The van der Waals surface area contributed by atoms with E-state index in [9.17, 15) is 0 Å². The number of pyridine rings is 1. The van der Waals surface area contributed by atoms with Crippen LogP contribution >= 0.6 is 0 Å². The third kappa shape index (κ3) is 3.17. The Bertz CT molecular complexity index is 350. The van der Waals surface area contributed by atoms with Gasteiger partial charge >= 0.3 is 0 Å². The highest BCUT2D eigenvalue weighted by atomic mass is 16.5. The van der Waals surface area contributed by atoms with Crippen molar-refractivity contribution in [3.8, 4) is 0 Å². The molecule has 0 radical (unpaired) electrons. The Morgan fingerprint density at radius 1 is 1.59 bits per heavy atom. The summed E-state index contributed by atoms with van der Waals surface area (Å²) in [5, 5.41) is 0. The third-order valence-corrected chi connectivity index (χ3v) is 3.30. The molecule has 1 aliphatic rings. The van der Waals surface area contributed by atoms with Crippen molar-refractivity contribution in [3.05, 3.63) is 24.0 Å². The minimum Gasteiger partial charge on any atom is -0.381 e. The summed E-state index contributed by atoms with van der Waals surface area (Å²) in [4.78, 5) is 6.38. The minimum absolute atomic E-state index is 0.536. The number of anilines is 1. The smallest absolute Gasteiger partial charge is 0.0511 e. The van der Waals surface area contributed by atoms with Crippen LogP contribution in [0.25, 0.3) is 0 Å². The summed E-state index contributed by atoms with van der Waals surface area (Å²) in [6.07, 6.45) is 6.11. The highest BCUT2D eigenvalue weighted by Crippen LogP contribution is 2.21. The second-order valence-corrected chi connectivity index (χ2v) is 4.67. The maximum absolute atomic E-state index is 5.73. The summed E-state index contributed by atoms with van der Waals surface area (Å²) in [6, 6.07) is 2.03. The maximum atomic E-state index is 5.73. The van der Waals surface area contributed by atoms with Crippen LogP contribution in [0.2, 0.25) is 0 Å². The lowest BCUT2D eigenvalue weighted by Gasteiger charge is -2.29. The van der Waals surface area contributed by atoms with Gasteiger partial charge in [0.1, 0.15) is 0 Å². The molecule has 94 valence electrons. The van der Waals surface area contributed by atoms with Crippen LogP contribution in [-0.2, 0) is 11.3 Å². The molecule has 17 heavy (non-hydrogen) atoms. The van der Waals surface area contributed by atoms with Crippen LogP contribution in [0.5, 0.6) is 0 Å². The summed E-state index contributed by atoms with van der Waals surface area (Å²) >= 11 is 0. The van der Waals surface area contributed by atoms with Gasteiger partial charge in [-0.3, -0.25) is 4.98 Å². The number of aromatic nitrogens is 1. The first-order chi connectivity index (χ1) is 8.31. The topological polar surface area (TPSA) is 51.4 Å². The number of nitrogens with zero attached hydrogens (tertiary/aromatic N) is 2. The molecule has 0 amide bonds. The molecule has 1 aliphatic heterocycles. The number of rotatable bonds is 4. The fourth-order valence-electron chi connectivity index (χ4n) is 2.39. The molecule has 0 saturated carbocycles. The van der Waals surface area contributed by atoms with Crippen LogP contribution in [0.4, 0.5) is 5.69 Å². The van der Waals surface area contributed by atoms with Gasteiger partial charge in [0.25, 0.3) is 0 Å². The van der Waals surface area contributed by atoms with Gasteiger partial charge in [-0.25, -0.2) is 0 Å². The third-order valence-electron chi connectivity index (χ3n) is 3.30. The minimum atomic E-state index is 0.536. The highest BCUT2D eigenvalue weighted by Gasteiger charge is 2.17. The van der Waals surface area contributed by atoms with Gasteiger partial charge in [-0.05, 0) is 24.8 Å². The quantitative estimate of drug-likeness (QED) is 0.857. The van der Waals surface area contributed by atoms with Crippen molar-refractivity contribution in [2.45, 2.75) is 19.4 Å². The highest BCUT2D eigenvalue weighted by molar-refractivity contribution is 5.51. The zero-order valence-electron chi connectivity index (χ0n) is 10.4. The molecule has 0 aliphatic carbocycles. The number of nitrogens with two attached hydrogens (primary N) is 1. The van der Waals surface area contributed by atoms with E-state index in [0.29, 0.717) is 12.5 Å². The molecule has 0 spiro atoms. The van der Waals surface area contributed by atoms with E-state index < -0.39 is 0 Å². The summed E-state index contributed by atoms with van der Waals surface area (Å²) in [5.74, 6) is 0.632. The number of ether oxygens (including phenoxy) is 1. The molecular formula is C13H21N3O. The second-order valence-electron chi connectivity index (χ2n) is 4.67. The van der Waals surface area contributed by atoms with Gasteiger partial charge in [-0.15, -0.1) is 0 Å². The lowest BCUT2D eigenvalue weighted by atomic mass is 10.0. The fourth-order valence-corrected chi connectivity index (χ4v) is 2.39. The Balaban J connectivity index is 2.00. The van der Waals surface area contributed by atoms with Gasteiger partial charge < -0.3 is 15.4 Å². The monoisotopic (exact) mass is 235 g/mol. The Morgan fingerprint density at radius 2 is 2.47 bits per heavy atom. The van der Waals surface area contributed by atoms with E-state index in [4.69, 9.17) is 10.5 Å². The molecule has 1 aromatic heterocycles. The van der Waals surface area contributed by atoms with Crippen LogP contribution in [-0.4, -0.2) is 31.8 Å². The zero-order chi connectivity index (χ0) is 12.1. The fraction of sp³-hybridized carbons (Fsp3) is 0.615. The average Bonchev–Trinajstić information content (AvgIpc) is 2.40. The molecule has 4 nitrogen and oxygen atoms in total. The predicted molar refractivity (Wildman–Crippen MR) is 68.9 cm³/mol. The maximum Gasteiger partial charge on any atom is 0.0511 e. The van der Waals surface area contributed by atoms with Crippen molar-refractivity contribution in [1.82, 2.24) is 4.98 Å². The Hall–Kier alpha value is -1.13. The number of hydrogen-bond donors (Lipinski definition) is 1. The second kappa shape index (κ2) is 5.98. The molecule has 1 saturated heterocycles. The Kier molecular flexibility index (Phi) is 4.34. The van der Waals surface area contributed by atoms with Crippen molar-refractivity contribution in [2.24, 2.45) is 11.7 Å². The molecule has 2 rings (SSSR count). The molecule has 2 N–H and O–H groups in total. The van der Waals surface area contributed by atoms with E-state index in [1.165, 1.54) is 18.5 Å². The van der Waals surface area contributed by atoms with Gasteiger partial charge in [0.05, 0.1) is 6.61 Å². The van der Waals surface area contributed by atoms with Gasteiger partial charge in [0, 0.05) is 50.4 Å². The van der Waals surface area contributed by atoms with Crippen molar-refractivity contribution in [3.63, 3.8) is 0 Å². The van der Waals surface area contributed by atoms with E-state index in [-0.39, 0.29) is 0 Å². The van der Waals surface area contributed by atoms with Crippen LogP contribution in [0, 0.1) is 5.92 Å². The first-order valence-corrected chi connectivity index (χ1v) is 6.23. The SMILES string of the molecule is CN(CC1CCCOC1)c1ccncc1CN. The first-order valence-electron chi connectivity index (χ1n) is 6.23. The summed E-state index contributed by atoms with van der Waals surface area (Å²) in [6.45, 7) is 3.36. The molecule has 1 atom stereocenters. The molecule has 1 fully saturated rings. The first kappa shape index (κ1) is 12.3. The normalized spacial score (nSPS) is 20.2. The Labute approximate surface area is 103 Å². The molecule has 1 aromatic rings. The van der Waals surface area contributed by atoms with Crippen LogP contribution in [0.15, 0.2) is 18.5 Å². The largest absolute Gasteiger partial charge is 0.381 e. The molecule has 0 aromatic carbocycles. The van der Waals surface area contributed by atoms with Gasteiger partial charge in [0.15, 0.2) is 0 Å². The van der Waals surface area contributed by atoms with Crippen LogP contribution < -0.4 is 10.6 Å². The van der Waals surface area contributed by atoms with Crippen molar-refractivity contribution in [2.75, 3.05) is 31.7 Å². The Morgan fingerprint density at radius 3 is 3.18 bits per heavy atom. The molecule has 2 heterocycles. The lowest BCUT2D eigenvalue weighted by molar-refractivity contribution is 0.0576. The zero-order valence-corrected chi connectivity index (χ0v) is 10.4. The van der Waals surface area contributed by atoms with E-state index >= 15 is 0 Å². The van der Waals surface area contributed by atoms with E-state index in [1.54, 1.807) is 0 Å². The standard InChI is InChI=1S/C13H21N3O/c1-16(9-11-3-2-6-17-10-11)13-4-5-15-8-12(13)7-14/h4-5,8,11H,2-3,6-7,9-10,14H2,1H3. The van der Waals surface area contributed by atoms with Gasteiger partial charge in [0.2, 0.25) is 0 Å². The summed E-state index contributed by atoms with van der Waals surface area (Å²) in [7, 11) is 2.11. The average molecular weight is 235 g/mol. The van der Waals surface area contributed by atoms with Gasteiger partial charge in [-0.1, -0.05) is 0 Å². The van der Waals surface area contributed by atoms with Crippen molar-refractivity contribution in [1.29, 1.82) is 0 Å². The van der Waals surface area contributed by atoms with Gasteiger partial charge in [-0.2, -0.15) is 0 Å². The molecule has 1 unspecified atom stereocenters. The summed E-state index contributed by atoms with van der Waals surface area (Å²) in [5.41, 5.74) is 8.02. The van der Waals surface area contributed by atoms with Crippen LogP contribution in [0.3, 0.4) is 0 Å². The predicted octanol–water partition coefficient (Wildman–Crippen LogP) is 1.40. The molecule has 0 bridgehead atoms. The lowest BCUT2D eigenvalue weighted by Crippen LogP contribution is -2.31. The van der Waals surface area contributed by atoms with Crippen molar-refractivity contribution >= 4 is 5.69 Å². The van der Waals surface area contributed by atoms with Crippen LogP contribution in [0.1, 0.15) is 18.4 Å². The number of hydrogen-bond acceptors (Lipinski definition) is 4. The van der Waals surface area contributed by atoms with Crippen molar-refractivity contribution < 1.29 is 4.74 Å². The van der Waals surface area contributed by atoms with E-state index in [1.807, 2.05) is 18.5 Å². The molecular weight excluding hydrogens is 214 g/mol. The summed E-state index contributed by atoms with van der Waals surface area (Å²) < 4.78 is 5.51. The molecule has 4 heteroatoms. The van der Waals surface area contributed by atoms with E-state index in [2.05, 4.69) is 16.9 Å². The van der Waals surface area contributed by atoms with E-state index in [0.717, 1.165) is 25.3 Å².